The molecule has 3 aromatic rings. The van der Waals surface area contributed by atoms with Crippen molar-refractivity contribution in [2.75, 3.05) is 5.32 Å². The van der Waals surface area contributed by atoms with Gasteiger partial charge in [0.25, 0.3) is 17.3 Å². The molecule has 11 nitrogen and oxygen atoms in total. The Balaban J connectivity index is 1.71. The van der Waals surface area contributed by atoms with Crippen molar-refractivity contribution in [3.8, 4) is 11.8 Å². The summed E-state index contributed by atoms with van der Waals surface area (Å²) in [5.41, 5.74) is -0.265. The molecule has 0 bridgehead atoms. The van der Waals surface area contributed by atoms with Crippen LogP contribution >= 0.6 is 11.6 Å². The lowest BCUT2D eigenvalue weighted by molar-refractivity contribution is -0.385. The van der Waals surface area contributed by atoms with Crippen molar-refractivity contribution in [1.29, 1.82) is 5.26 Å². The van der Waals surface area contributed by atoms with Crippen molar-refractivity contribution >= 4 is 46.6 Å². The molecule has 0 atom stereocenters. The minimum absolute atomic E-state index is 0.00323. The van der Waals surface area contributed by atoms with E-state index in [0.717, 1.165) is 18.2 Å². The number of amides is 1. The molecule has 174 valence electrons. The number of nitrogens with zero attached hydrogens (tertiary/aromatic N) is 3. The molecule has 12 heteroatoms. The lowest BCUT2D eigenvalue weighted by atomic mass is 10.1. The SMILES string of the molecule is N#C/C(=C\c1ccc(OC(=O)c2cccc([N+](=O)[O-])c2)cc1)C(=O)Nc1ccc([N+](=O)[O-])cc1Cl. The first-order valence-electron chi connectivity index (χ1n) is 9.61. The van der Waals surface area contributed by atoms with E-state index in [9.17, 15) is 35.1 Å². The largest absolute Gasteiger partial charge is 0.423 e. The number of rotatable bonds is 7. The van der Waals surface area contributed by atoms with Gasteiger partial charge in [-0.05, 0) is 35.9 Å². The molecule has 1 amide bonds. The second-order valence-corrected chi connectivity index (χ2v) is 7.22. The van der Waals surface area contributed by atoms with Crippen molar-refractivity contribution in [3.05, 3.63) is 109 Å². The van der Waals surface area contributed by atoms with E-state index in [2.05, 4.69) is 5.32 Å². The highest BCUT2D eigenvalue weighted by molar-refractivity contribution is 6.34. The number of carbonyl (C=O) groups excluding carboxylic acids is 2. The van der Waals surface area contributed by atoms with E-state index in [4.69, 9.17) is 16.3 Å². The third-order valence-corrected chi connectivity index (χ3v) is 4.78. The van der Waals surface area contributed by atoms with Gasteiger partial charge in [-0.2, -0.15) is 5.26 Å². The third-order valence-electron chi connectivity index (χ3n) is 4.47. The first kappa shape index (κ1) is 24.6. The van der Waals surface area contributed by atoms with Crippen LogP contribution in [-0.4, -0.2) is 21.7 Å². The summed E-state index contributed by atoms with van der Waals surface area (Å²) in [6.07, 6.45) is 1.28. The predicted molar refractivity (Wildman–Crippen MR) is 125 cm³/mol. The average Bonchev–Trinajstić information content (AvgIpc) is 2.84. The van der Waals surface area contributed by atoms with Gasteiger partial charge in [-0.15, -0.1) is 0 Å². The van der Waals surface area contributed by atoms with E-state index in [1.54, 1.807) is 6.07 Å². The van der Waals surface area contributed by atoms with Crippen LogP contribution in [0.5, 0.6) is 5.75 Å². The van der Waals surface area contributed by atoms with Crippen molar-refractivity contribution in [1.82, 2.24) is 0 Å². The number of hydrogen-bond donors (Lipinski definition) is 1. The zero-order valence-corrected chi connectivity index (χ0v) is 18.3. The Morgan fingerprint density at radius 2 is 1.63 bits per heavy atom. The molecular weight excluding hydrogens is 480 g/mol. The second-order valence-electron chi connectivity index (χ2n) is 6.81. The number of benzene rings is 3. The molecule has 1 N–H and O–H groups in total. The molecule has 0 heterocycles. The Morgan fingerprint density at radius 3 is 2.23 bits per heavy atom. The Labute approximate surface area is 202 Å². The van der Waals surface area contributed by atoms with Gasteiger partial charge in [0.05, 0.1) is 26.1 Å². The summed E-state index contributed by atoms with van der Waals surface area (Å²) in [7, 11) is 0. The van der Waals surface area contributed by atoms with Crippen LogP contribution in [0.25, 0.3) is 6.08 Å². The summed E-state index contributed by atoms with van der Waals surface area (Å²) >= 11 is 5.96. The summed E-state index contributed by atoms with van der Waals surface area (Å²) in [6.45, 7) is 0. The molecule has 35 heavy (non-hydrogen) atoms. The van der Waals surface area contributed by atoms with Gasteiger partial charge in [-0.25, -0.2) is 4.79 Å². The van der Waals surface area contributed by atoms with Crippen molar-refractivity contribution in [2.24, 2.45) is 0 Å². The number of nitro benzene ring substituents is 2. The molecule has 0 unspecified atom stereocenters. The van der Waals surface area contributed by atoms with Gasteiger partial charge in [0.1, 0.15) is 17.4 Å². The molecule has 0 aliphatic rings. The van der Waals surface area contributed by atoms with Crippen LogP contribution in [0.15, 0.2) is 72.3 Å². The van der Waals surface area contributed by atoms with Gasteiger partial charge in [-0.3, -0.25) is 25.0 Å². The number of anilines is 1. The zero-order valence-electron chi connectivity index (χ0n) is 17.5. The summed E-state index contributed by atoms with van der Waals surface area (Å²) in [5.74, 6) is -1.45. The topological polar surface area (TPSA) is 165 Å². The number of hydrogen-bond acceptors (Lipinski definition) is 8. The first-order valence-corrected chi connectivity index (χ1v) is 9.99. The van der Waals surface area contributed by atoms with E-state index < -0.39 is 21.7 Å². The zero-order chi connectivity index (χ0) is 25.5. The van der Waals surface area contributed by atoms with Crippen molar-refractivity contribution in [3.63, 3.8) is 0 Å². The maximum Gasteiger partial charge on any atom is 0.343 e. The normalized spacial score (nSPS) is 10.7. The van der Waals surface area contributed by atoms with Crippen LogP contribution in [0.1, 0.15) is 15.9 Å². The van der Waals surface area contributed by atoms with Gasteiger partial charge < -0.3 is 10.1 Å². The Kier molecular flexibility index (Phi) is 7.50. The number of nitro groups is 2. The Morgan fingerprint density at radius 1 is 0.971 bits per heavy atom. The summed E-state index contributed by atoms with van der Waals surface area (Å²) in [6, 6.07) is 16.1. The van der Waals surface area contributed by atoms with Crippen LogP contribution in [0.2, 0.25) is 5.02 Å². The fourth-order valence-electron chi connectivity index (χ4n) is 2.77. The van der Waals surface area contributed by atoms with Crippen molar-refractivity contribution in [2.45, 2.75) is 0 Å². The van der Waals surface area contributed by atoms with Crippen LogP contribution in [-0.2, 0) is 4.79 Å². The first-order chi connectivity index (χ1) is 16.7. The fraction of sp³-hybridized carbons (Fsp3) is 0. The lowest BCUT2D eigenvalue weighted by Crippen LogP contribution is -2.13. The van der Waals surface area contributed by atoms with Crippen molar-refractivity contribution < 1.29 is 24.2 Å². The average molecular weight is 493 g/mol. The smallest absolute Gasteiger partial charge is 0.343 e. The molecule has 0 saturated carbocycles. The van der Waals surface area contributed by atoms with E-state index >= 15 is 0 Å². The van der Waals surface area contributed by atoms with Crippen LogP contribution in [0.4, 0.5) is 17.1 Å². The number of ether oxygens (including phenoxy) is 1. The fourth-order valence-corrected chi connectivity index (χ4v) is 2.99. The third kappa shape index (κ3) is 6.25. The summed E-state index contributed by atoms with van der Waals surface area (Å²) < 4.78 is 5.20. The second kappa shape index (κ2) is 10.7. The molecule has 0 saturated heterocycles. The molecule has 0 aliphatic heterocycles. The molecular formula is C23H13ClN4O7. The van der Waals surface area contributed by atoms with E-state index in [-0.39, 0.29) is 39.0 Å². The summed E-state index contributed by atoms with van der Waals surface area (Å²) in [5, 5.41) is 33.4. The molecule has 0 radical (unpaired) electrons. The van der Waals surface area contributed by atoms with E-state index in [1.165, 1.54) is 54.6 Å². The highest BCUT2D eigenvalue weighted by atomic mass is 35.5. The summed E-state index contributed by atoms with van der Waals surface area (Å²) in [4.78, 5) is 45.1. The molecule has 0 aromatic heterocycles. The molecule has 3 aromatic carbocycles. The van der Waals surface area contributed by atoms with Crippen LogP contribution in [0, 0.1) is 31.6 Å². The number of esters is 1. The number of nitriles is 1. The van der Waals surface area contributed by atoms with Gasteiger partial charge in [-0.1, -0.05) is 29.8 Å². The number of non-ortho nitro benzene ring substituents is 2. The predicted octanol–water partition coefficient (Wildman–Crippen LogP) is 4.92. The monoisotopic (exact) mass is 492 g/mol. The maximum absolute atomic E-state index is 12.5. The highest BCUT2D eigenvalue weighted by Gasteiger charge is 2.16. The van der Waals surface area contributed by atoms with Gasteiger partial charge in [0.15, 0.2) is 0 Å². The highest BCUT2D eigenvalue weighted by Crippen LogP contribution is 2.27. The van der Waals surface area contributed by atoms with Gasteiger partial charge in [0.2, 0.25) is 0 Å². The lowest BCUT2D eigenvalue weighted by Gasteiger charge is -2.07. The number of carbonyl (C=O) groups is 2. The Hall–Kier alpha value is -5.08. The van der Waals surface area contributed by atoms with Gasteiger partial charge >= 0.3 is 5.97 Å². The number of nitrogens with one attached hydrogen (secondary N) is 1. The van der Waals surface area contributed by atoms with Gasteiger partial charge in [0, 0.05) is 24.3 Å². The van der Waals surface area contributed by atoms with Crippen LogP contribution < -0.4 is 10.1 Å². The minimum atomic E-state index is -0.797. The molecule has 0 aliphatic carbocycles. The van der Waals surface area contributed by atoms with Crippen LogP contribution in [0.3, 0.4) is 0 Å². The standard InChI is InChI=1S/C23H13ClN4O7/c24-20-12-18(28(33)34)6-9-21(20)26-22(29)16(13-25)10-14-4-7-19(8-5-14)35-23(30)15-2-1-3-17(11-15)27(31)32/h1-12H,(H,26,29)/b16-10+. The Bertz CT molecular complexity index is 1410. The maximum atomic E-state index is 12.5. The quantitative estimate of drug-likeness (QED) is 0.121. The van der Waals surface area contributed by atoms with E-state index in [1.807, 2.05) is 0 Å². The number of halogens is 1. The minimum Gasteiger partial charge on any atom is -0.423 e. The van der Waals surface area contributed by atoms with E-state index in [0.29, 0.717) is 5.56 Å². The molecule has 0 spiro atoms. The molecule has 3 rings (SSSR count). The molecule has 0 fully saturated rings.